The van der Waals surface area contributed by atoms with Crippen LogP contribution in [0.3, 0.4) is 0 Å². The fourth-order valence-corrected chi connectivity index (χ4v) is 2.88. The van der Waals surface area contributed by atoms with Gasteiger partial charge in [-0.2, -0.15) is 0 Å². The second-order valence-corrected chi connectivity index (χ2v) is 6.05. The molecule has 8 heteroatoms. The molecule has 0 heterocycles. The van der Waals surface area contributed by atoms with Crippen molar-refractivity contribution < 1.29 is 19.0 Å². The molecule has 0 fully saturated rings. The molecule has 2 N–H and O–H groups in total. The number of halogens is 2. The van der Waals surface area contributed by atoms with Crippen LogP contribution in [0.1, 0.15) is 6.42 Å². The third-order valence-corrected chi connectivity index (χ3v) is 4.20. The number of carbonyl (C=O) groups excluding carboxylic acids is 1. The maximum Gasteiger partial charge on any atom is 0.226 e. The van der Waals surface area contributed by atoms with Crippen LogP contribution in [-0.4, -0.2) is 33.8 Å². The summed E-state index contributed by atoms with van der Waals surface area (Å²) in [5, 5.41) is 6.87. The van der Waals surface area contributed by atoms with E-state index in [-0.39, 0.29) is 12.3 Å². The van der Waals surface area contributed by atoms with Crippen molar-refractivity contribution in [2.45, 2.75) is 6.42 Å². The lowest BCUT2D eigenvalue weighted by Crippen LogP contribution is -2.16. The van der Waals surface area contributed by atoms with Crippen LogP contribution in [-0.2, 0) is 4.79 Å². The first kappa shape index (κ1) is 20.0. The molecule has 140 valence electrons. The van der Waals surface area contributed by atoms with Crippen molar-refractivity contribution in [3.8, 4) is 17.2 Å². The van der Waals surface area contributed by atoms with Gasteiger partial charge in [-0.15, -0.1) is 0 Å². The quantitative estimate of drug-likeness (QED) is 0.686. The van der Waals surface area contributed by atoms with Gasteiger partial charge in [0.25, 0.3) is 0 Å². The molecular weight excluding hydrogens is 379 g/mol. The number of hydrogen-bond acceptors (Lipinski definition) is 5. The summed E-state index contributed by atoms with van der Waals surface area (Å²) >= 11 is 12.2. The largest absolute Gasteiger partial charge is 0.493 e. The minimum atomic E-state index is -0.185. The number of ether oxygens (including phenoxy) is 3. The van der Waals surface area contributed by atoms with Crippen molar-refractivity contribution >= 4 is 40.5 Å². The van der Waals surface area contributed by atoms with E-state index < -0.39 is 0 Å². The van der Waals surface area contributed by atoms with Gasteiger partial charge >= 0.3 is 0 Å². The van der Waals surface area contributed by atoms with Crippen LogP contribution >= 0.6 is 23.2 Å². The predicted octanol–water partition coefficient (Wildman–Crippen LogP) is 4.46. The molecular formula is C18H20Cl2N2O4. The highest BCUT2D eigenvalue weighted by atomic mass is 35.5. The Balaban J connectivity index is 1.99. The molecule has 0 saturated heterocycles. The Morgan fingerprint density at radius 3 is 2.08 bits per heavy atom. The summed E-state index contributed by atoms with van der Waals surface area (Å²) < 4.78 is 15.8. The molecule has 0 aliphatic carbocycles. The first-order chi connectivity index (χ1) is 12.5. The van der Waals surface area contributed by atoms with Crippen molar-refractivity contribution in [3.05, 3.63) is 40.4 Å². The summed E-state index contributed by atoms with van der Waals surface area (Å²) in [7, 11) is 4.55. The summed E-state index contributed by atoms with van der Waals surface area (Å²) in [4.78, 5) is 12.2. The first-order valence-electron chi connectivity index (χ1n) is 7.78. The lowest BCUT2D eigenvalue weighted by Gasteiger charge is -2.15. The number of carbonyl (C=O) groups is 1. The summed E-state index contributed by atoms with van der Waals surface area (Å²) in [5.41, 5.74) is 1.15. The Kier molecular flexibility index (Phi) is 7.24. The van der Waals surface area contributed by atoms with Gasteiger partial charge in [-0.05, 0) is 12.1 Å². The third kappa shape index (κ3) is 4.86. The van der Waals surface area contributed by atoms with Crippen molar-refractivity contribution in [2.24, 2.45) is 0 Å². The smallest absolute Gasteiger partial charge is 0.226 e. The Morgan fingerprint density at radius 1 is 1.00 bits per heavy atom. The van der Waals surface area contributed by atoms with Gasteiger partial charge in [0, 0.05) is 30.8 Å². The molecule has 0 spiro atoms. The highest BCUT2D eigenvalue weighted by Gasteiger charge is 2.14. The van der Waals surface area contributed by atoms with E-state index >= 15 is 0 Å². The summed E-state index contributed by atoms with van der Waals surface area (Å²) in [6, 6.07) is 8.54. The van der Waals surface area contributed by atoms with Gasteiger partial charge in [0.05, 0.1) is 37.1 Å². The lowest BCUT2D eigenvalue weighted by molar-refractivity contribution is -0.115. The zero-order valence-corrected chi connectivity index (χ0v) is 16.2. The van der Waals surface area contributed by atoms with Gasteiger partial charge in [-0.25, -0.2) is 0 Å². The van der Waals surface area contributed by atoms with Crippen LogP contribution in [0.15, 0.2) is 30.3 Å². The Bertz CT molecular complexity index is 739. The van der Waals surface area contributed by atoms with E-state index in [1.807, 2.05) is 0 Å². The van der Waals surface area contributed by atoms with E-state index in [9.17, 15) is 4.79 Å². The fraction of sp³-hybridized carbons (Fsp3) is 0.278. The number of methoxy groups -OCH3 is 3. The maximum atomic E-state index is 12.2. The second kappa shape index (κ2) is 9.40. The number of nitrogens with one attached hydrogen (secondary N) is 2. The van der Waals surface area contributed by atoms with Gasteiger partial charge in [0.15, 0.2) is 11.5 Å². The molecule has 1 amide bonds. The highest BCUT2D eigenvalue weighted by molar-refractivity contribution is 6.39. The zero-order valence-electron chi connectivity index (χ0n) is 14.7. The minimum absolute atomic E-state index is 0.185. The van der Waals surface area contributed by atoms with Crippen LogP contribution in [0.4, 0.5) is 11.4 Å². The number of hydrogen-bond donors (Lipinski definition) is 2. The van der Waals surface area contributed by atoms with E-state index in [1.54, 1.807) is 30.3 Å². The van der Waals surface area contributed by atoms with Crippen molar-refractivity contribution in [1.29, 1.82) is 0 Å². The molecule has 0 aliphatic heterocycles. The van der Waals surface area contributed by atoms with Gasteiger partial charge in [-0.3, -0.25) is 4.79 Å². The van der Waals surface area contributed by atoms with Crippen LogP contribution in [0.5, 0.6) is 17.2 Å². The second-order valence-electron chi connectivity index (χ2n) is 5.24. The van der Waals surface area contributed by atoms with Crippen molar-refractivity contribution in [1.82, 2.24) is 0 Å². The average molecular weight is 399 g/mol. The first-order valence-corrected chi connectivity index (χ1v) is 8.53. The van der Waals surface area contributed by atoms with E-state index in [2.05, 4.69) is 10.6 Å². The summed E-state index contributed by atoms with van der Waals surface area (Å²) in [6.45, 7) is 0.375. The number of benzene rings is 2. The van der Waals surface area contributed by atoms with Crippen LogP contribution in [0, 0.1) is 0 Å². The zero-order chi connectivity index (χ0) is 19.1. The van der Waals surface area contributed by atoms with Gasteiger partial charge < -0.3 is 24.8 Å². The third-order valence-electron chi connectivity index (χ3n) is 3.57. The average Bonchev–Trinajstić information content (AvgIpc) is 2.63. The standard InChI is InChI=1S/C18H20Cl2N2O4/c1-24-14-9-11(10-15(25-2)18(14)26-3)22-16(23)7-8-21-17-12(19)5-4-6-13(17)20/h4-6,9-10,21H,7-8H2,1-3H3,(H,22,23). The topological polar surface area (TPSA) is 68.8 Å². The molecule has 0 radical (unpaired) electrons. The molecule has 0 atom stereocenters. The fourth-order valence-electron chi connectivity index (χ4n) is 2.34. The van der Waals surface area contributed by atoms with E-state index in [0.29, 0.717) is 45.2 Å². The maximum absolute atomic E-state index is 12.2. The van der Waals surface area contributed by atoms with Crippen LogP contribution < -0.4 is 24.8 Å². The molecule has 0 saturated carbocycles. The molecule has 2 aromatic rings. The number of anilines is 2. The molecule has 2 rings (SSSR count). The molecule has 26 heavy (non-hydrogen) atoms. The molecule has 0 bridgehead atoms. The molecule has 0 aliphatic rings. The number of amides is 1. The monoisotopic (exact) mass is 398 g/mol. The number of para-hydroxylation sites is 1. The minimum Gasteiger partial charge on any atom is -0.493 e. The predicted molar refractivity (Wildman–Crippen MR) is 104 cm³/mol. The van der Waals surface area contributed by atoms with Crippen LogP contribution in [0.25, 0.3) is 0 Å². The van der Waals surface area contributed by atoms with Crippen LogP contribution in [0.2, 0.25) is 10.0 Å². The highest BCUT2D eigenvalue weighted by Crippen LogP contribution is 2.40. The summed E-state index contributed by atoms with van der Waals surface area (Å²) in [6.07, 6.45) is 0.220. The van der Waals surface area contributed by atoms with Crippen molar-refractivity contribution in [3.63, 3.8) is 0 Å². The van der Waals surface area contributed by atoms with Gasteiger partial charge in [0.1, 0.15) is 0 Å². The number of rotatable bonds is 8. The normalized spacial score (nSPS) is 10.2. The molecule has 0 unspecified atom stereocenters. The van der Waals surface area contributed by atoms with E-state index in [4.69, 9.17) is 37.4 Å². The van der Waals surface area contributed by atoms with Gasteiger partial charge in [0.2, 0.25) is 11.7 Å². The van der Waals surface area contributed by atoms with E-state index in [1.165, 1.54) is 21.3 Å². The lowest BCUT2D eigenvalue weighted by atomic mass is 10.2. The van der Waals surface area contributed by atoms with Crippen molar-refractivity contribution in [2.75, 3.05) is 38.5 Å². The Morgan fingerprint density at radius 2 is 1.58 bits per heavy atom. The Labute approximate surface area is 162 Å². The van der Waals surface area contributed by atoms with E-state index in [0.717, 1.165) is 0 Å². The Hall–Kier alpha value is -2.31. The molecule has 2 aromatic carbocycles. The SMILES string of the molecule is COc1cc(NC(=O)CCNc2c(Cl)cccc2Cl)cc(OC)c1OC. The molecule has 0 aromatic heterocycles. The molecule has 6 nitrogen and oxygen atoms in total. The van der Waals surface area contributed by atoms with Gasteiger partial charge in [-0.1, -0.05) is 29.3 Å². The summed E-state index contributed by atoms with van der Waals surface area (Å²) in [5.74, 6) is 1.20.